The van der Waals surface area contributed by atoms with E-state index >= 15 is 0 Å². The zero-order valence-corrected chi connectivity index (χ0v) is 12.7. The number of hydrogen-bond acceptors (Lipinski definition) is 1. The molecule has 3 rings (SSSR count). The summed E-state index contributed by atoms with van der Waals surface area (Å²) in [6, 6.07) is 13.1. The first-order valence-electron chi connectivity index (χ1n) is 6.93. The van der Waals surface area contributed by atoms with Crippen LogP contribution >= 0.6 is 23.4 Å². The number of hydrogen-bond donors (Lipinski definition) is 0. The number of thioether (sulfide) groups is 1. The van der Waals surface area contributed by atoms with Gasteiger partial charge in [0.25, 0.3) is 0 Å². The molecule has 0 saturated heterocycles. The van der Waals surface area contributed by atoms with Gasteiger partial charge in [0.05, 0.1) is 0 Å². The predicted octanol–water partition coefficient (Wildman–Crippen LogP) is 6.04. The van der Waals surface area contributed by atoms with Gasteiger partial charge in [0.15, 0.2) is 0 Å². The van der Waals surface area contributed by atoms with Crippen molar-refractivity contribution < 1.29 is 4.39 Å². The Morgan fingerprint density at radius 3 is 2.65 bits per heavy atom. The van der Waals surface area contributed by atoms with Crippen LogP contribution < -0.4 is 0 Å². The maximum absolute atomic E-state index is 13.6. The average molecular weight is 307 g/mol. The summed E-state index contributed by atoms with van der Waals surface area (Å²) >= 11 is 7.74. The van der Waals surface area contributed by atoms with E-state index in [-0.39, 0.29) is 5.82 Å². The highest BCUT2D eigenvalue weighted by Gasteiger charge is 2.20. The summed E-state index contributed by atoms with van der Waals surface area (Å²) in [4.78, 5) is 1.19. The molecule has 2 aromatic rings. The fourth-order valence-electron chi connectivity index (χ4n) is 2.69. The molecule has 0 fully saturated rings. The van der Waals surface area contributed by atoms with Crippen molar-refractivity contribution in [3.63, 3.8) is 0 Å². The minimum Gasteiger partial charge on any atom is -0.207 e. The minimum atomic E-state index is -0.132. The summed E-state index contributed by atoms with van der Waals surface area (Å²) in [5.41, 5.74) is 2.47. The third-order valence-corrected chi connectivity index (χ3v) is 5.28. The van der Waals surface area contributed by atoms with Crippen LogP contribution in [0.4, 0.5) is 4.39 Å². The Balaban J connectivity index is 1.89. The van der Waals surface area contributed by atoms with Crippen LogP contribution in [0.3, 0.4) is 0 Å². The molecule has 0 saturated carbocycles. The number of fused-ring (bicyclic) bond motifs is 1. The first-order valence-corrected chi connectivity index (χ1v) is 8.19. The molecule has 1 atom stereocenters. The maximum Gasteiger partial charge on any atom is 0.123 e. The molecule has 0 radical (unpaired) electrons. The van der Waals surface area contributed by atoms with E-state index in [1.165, 1.54) is 28.9 Å². The van der Waals surface area contributed by atoms with Gasteiger partial charge in [-0.3, -0.25) is 0 Å². The second-order valence-corrected chi connectivity index (χ2v) is 6.86. The lowest BCUT2D eigenvalue weighted by Gasteiger charge is -2.17. The first-order chi connectivity index (χ1) is 9.72. The molecule has 0 amide bonds. The summed E-state index contributed by atoms with van der Waals surface area (Å²) in [6.07, 6.45) is 4.55. The predicted molar refractivity (Wildman–Crippen MR) is 84.0 cm³/mol. The van der Waals surface area contributed by atoms with Gasteiger partial charge in [0.2, 0.25) is 0 Å². The Bertz CT molecular complexity index is 594. The highest BCUT2D eigenvalue weighted by Crippen LogP contribution is 2.42. The lowest BCUT2D eigenvalue weighted by atomic mass is 10.0. The number of aryl methyl sites for hydroxylation is 1. The molecule has 20 heavy (non-hydrogen) atoms. The van der Waals surface area contributed by atoms with Crippen LogP contribution in [-0.2, 0) is 6.42 Å². The summed E-state index contributed by atoms with van der Waals surface area (Å²) in [6.45, 7) is 0. The van der Waals surface area contributed by atoms with Crippen LogP contribution in [0.1, 0.15) is 35.6 Å². The van der Waals surface area contributed by atoms with Crippen molar-refractivity contribution >= 4 is 23.4 Å². The fourth-order valence-corrected chi connectivity index (χ4v) is 4.07. The van der Waals surface area contributed by atoms with E-state index in [9.17, 15) is 4.39 Å². The molecule has 104 valence electrons. The average Bonchev–Trinajstić information content (AvgIpc) is 2.64. The van der Waals surface area contributed by atoms with Crippen molar-refractivity contribution in [2.75, 3.05) is 0 Å². The van der Waals surface area contributed by atoms with Gasteiger partial charge in [-0.1, -0.05) is 24.1 Å². The fraction of sp³-hybridized carbons (Fsp3) is 0.294. The summed E-state index contributed by atoms with van der Waals surface area (Å²) in [7, 11) is 0. The molecule has 1 unspecified atom stereocenters. The van der Waals surface area contributed by atoms with Gasteiger partial charge in [0.1, 0.15) is 5.82 Å². The summed E-state index contributed by atoms with van der Waals surface area (Å²) in [5, 5.41) is 1.09. The van der Waals surface area contributed by atoms with Crippen molar-refractivity contribution in [2.45, 2.75) is 35.8 Å². The van der Waals surface area contributed by atoms with Crippen LogP contribution in [0.2, 0.25) is 5.02 Å². The quantitative estimate of drug-likeness (QED) is 0.610. The Labute approximate surface area is 128 Å². The van der Waals surface area contributed by atoms with E-state index in [0.717, 1.165) is 17.9 Å². The van der Waals surface area contributed by atoms with Crippen molar-refractivity contribution in [3.8, 4) is 0 Å². The van der Waals surface area contributed by atoms with Gasteiger partial charge in [-0.2, -0.15) is 0 Å². The SMILES string of the molecule is Fc1ccc2c(c1)C(Sc1ccc(Cl)cc1)CCCC2. The zero-order valence-electron chi connectivity index (χ0n) is 11.1. The van der Waals surface area contributed by atoms with E-state index in [1.54, 1.807) is 12.1 Å². The van der Waals surface area contributed by atoms with Crippen LogP contribution in [0.5, 0.6) is 0 Å². The van der Waals surface area contributed by atoms with Crippen molar-refractivity contribution in [3.05, 3.63) is 64.4 Å². The summed E-state index contributed by atoms with van der Waals surface area (Å²) in [5.74, 6) is -0.132. The smallest absolute Gasteiger partial charge is 0.123 e. The first kappa shape index (κ1) is 14.0. The van der Waals surface area contributed by atoms with E-state index in [4.69, 9.17) is 11.6 Å². The highest BCUT2D eigenvalue weighted by molar-refractivity contribution is 7.99. The zero-order chi connectivity index (χ0) is 13.9. The second-order valence-electron chi connectivity index (χ2n) is 5.15. The maximum atomic E-state index is 13.6. The van der Waals surface area contributed by atoms with Gasteiger partial charge < -0.3 is 0 Å². The second kappa shape index (κ2) is 6.19. The van der Waals surface area contributed by atoms with E-state index in [0.29, 0.717) is 5.25 Å². The molecule has 2 aromatic carbocycles. The van der Waals surface area contributed by atoms with Gasteiger partial charge in [-0.25, -0.2) is 4.39 Å². The Hall–Kier alpha value is -0.990. The molecular formula is C17H16ClFS. The number of rotatable bonds is 2. The largest absolute Gasteiger partial charge is 0.207 e. The van der Waals surface area contributed by atoms with E-state index < -0.39 is 0 Å². The van der Waals surface area contributed by atoms with E-state index in [2.05, 4.69) is 0 Å². The Kier molecular flexibility index (Phi) is 4.32. The highest BCUT2D eigenvalue weighted by atomic mass is 35.5. The lowest BCUT2D eigenvalue weighted by Crippen LogP contribution is -1.97. The Morgan fingerprint density at radius 1 is 1.05 bits per heavy atom. The molecular weight excluding hydrogens is 291 g/mol. The lowest BCUT2D eigenvalue weighted by molar-refractivity contribution is 0.624. The molecule has 0 aliphatic heterocycles. The van der Waals surface area contributed by atoms with Gasteiger partial charge in [-0.05, 0) is 66.8 Å². The molecule has 0 aromatic heterocycles. The van der Waals surface area contributed by atoms with Crippen LogP contribution in [0.15, 0.2) is 47.4 Å². The number of benzene rings is 2. The molecule has 0 spiro atoms. The van der Waals surface area contributed by atoms with Crippen molar-refractivity contribution in [1.82, 2.24) is 0 Å². The molecule has 3 heteroatoms. The van der Waals surface area contributed by atoms with Gasteiger partial charge >= 0.3 is 0 Å². The Morgan fingerprint density at radius 2 is 1.85 bits per heavy atom. The van der Waals surface area contributed by atoms with Crippen LogP contribution in [0.25, 0.3) is 0 Å². The normalized spacial score (nSPS) is 18.4. The molecule has 0 nitrogen and oxygen atoms in total. The molecule has 0 N–H and O–H groups in total. The van der Waals surface area contributed by atoms with Crippen molar-refractivity contribution in [1.29, 1.82) is 0 Å². The molecule has 0 heterocycles. The number of halogens is 2. The third kappa shape index (κ3) is 3.18. The minimum absolute atomic E-state index is 0.132. The van der Waals surface area contributed by atoms with Crippen molar-refractivity contribution in [2.24, 2.45) is 0 Å². The molecule has 1 aliphatic carbocycles. The molecule has 0 bridgehead atoms. The van der Waals surface area contributed by atoms with Gasteiger partial charge in [-0.15, -0.1) is 11.8 Å². The topological polar surface area (TPSA) is 0 Å². The standard InChI is InChI=1S/C17H16ClFS/c18-13-6-9-15(10-7-13)20-17-4-2-1-3-12-5-8-14(19)11-16(12)17/h5-11,17H,1-4H2. The van der Waals surface area contributed by atoms with Crippen LogP contribution in [0, 0.1) is 5.82 Å². The molecule has 1 aliphatic rings. The van der Waals surface area contributed by atoms with E-state index in [1.807, 2.05) is 42.1 Å². The van der Waals surface area contributed by atoms with Crippen LogP contribution in [-0.4, -0.2) is 0 Å². The monoisotopic (exact) mass is 306 g/mol. The third-order valence-electron chi connectivity index (χ3n) is 3.71. The summed E-state index contributed by atoms with van der Waals surface area (Å²) < 4.78 is 13.6. The van der Waals surface area contributed by atoms with Gasteiger partial charge in [0, 0.05) is 15.2 Å².